The van der Waals surface area contributed by atoms with E-state index in [2.05, 4.69) is 26.5 Å². The maximum atomic E-state index is 13.2. The molecule has 1 aliphatic heterocycles. The number of fused-ring (bicyclic) bond motifs is 1. The summed E-state index contributed by atoms with van der Waals surface area (Å²) in [7, 11) is 0. The predicted octanol–water partition coefficient (Wildman–Crippen LogP) is 1.99. The van der Waals surface area contributed by atoms with Crippen molar-refractivity contribution in [2.45, 2.75) is 0 Å². The number of piperazine rings is 1. The predicted molar refractivity (Wildman–Crippen MR) is 127 cm³/mol. The number of carbonyl (C=O) groups excluding carboxylic acids is 3. The molecule has 0 unspecified atom stereocenters. The van der Waals surface area contributed by atoms with Gasteiger partial charge in [0, 0.05) is 42.1 Å². The number of Topliss-reactive ketones (excluding diaryl/α,β-unsaturated/α-hetero) is 1. The largest absolute Gasteiger partial charge is 0.359 e. The Morgan fingerprint density at radius 1 is 1.03 bits per heavy atom. The molecule has 0 spiro atoms. The van der Waals surface area contributed by atoms with Gasteiger partial charge in [-0.25, -0.2) is 0 Å². The quantitative estimate of drug-likeness (QED) is 0.348. The number of pyridine rings is 1. The third-order valence-electron chi connectivity index (χ3n) is 5.85. The van der Waals surface area contributed by atoms with Crippen LogP contribution in [0.25, 0.3) is 22.3 Å². The second kappa shape index (κ2) is 8.82. The Labute approximate surface area is 198 Å². The van der Waals surface area contributed by atoms with E-state index in [0.717, 1.165) is 6.20 Å². The number of nitrogens with zero attached hydrogens (tertiary/aromatic N) is 4. The van der Waals surface area contributed by atoms with E-state index >= 15 is 0 Å². The standard InChI is InChI=1S/C25H20N6O4/c1-15-14-30(24(34)16-5-3-2-4-6-16)9-10-31(15)25(35)23(33)18-11-28-21-17(18)7-8-27-22(21)19-12-26-13-20(32)29-19/h2-8,11-13,28H,1,9-10,14H2,(H,29,32). The lowest BCUT2D eigenvalue weighted by atomic mass is 10.1. The monoisotopic (exact) mass is 468 g/mol. The van der Waals surface area contributed by atoms with Gasteiger partial charge < -0.3 is 19.8 Å². The Morgan fingerprint density at radius 2 is 1.83 bits per heavy atom. The number of aromatic nitrogens is 4. The summed E-state index contributed by atoms with van der Waals surface area (Å²) in [6.45, 7) is 4.51. The maximum Gasteiger partial charge on any atom is 0.299 e. The molecule has 174 valence electrons. The lowest BCUT2D eigenvalue weighted by Crippen LogP contribution is -2.50. The first kappa shape index (κ1) is 22.0. The first-order valence-electron chi connectivity index (χ1n) is 10.8. The van der Waals surface area contributed by atoms with Crippen LogP contribution in [0.4, 0.5) is 0 Å². The molecule has 2 amide bonds. The summed E-state index contributed by atoms with van der Waals surface area (Å²) in [5.74, 6) is -1.59. The average Bonchev–Trinajstić information content (AvgIpc) is 3.32. The molecular weight excluding hydrogens is 448 g/mol. The first-order chi connectivity index (χ1) is 16.9. The number of nitrogens with one attached hydrogen (secondary N) is 2. The van der Waals surface area contributed by atoms with Gasteiger partial charge in [-0.3, -0.25) is 29.1 Å². The molecule has 0 aliphatic carbocycles. The van der Waals surface area contributed by atoms with Gasteiger partial charge in [-0.15, -0.1) is 0 Å². The van der Waals surface area contributed by atoms with E-state index in [4.69, 9.17) is 0 Å². The number of ketones is 1. The van der Waals surface area contributed by atoms with Gasteiger partial charge in [-0.1, -0.05) is 24.8 Å². The molecule has 35 heavy (non-hydrogen) atoms. The Bertz CT molecular complexity index is 1540. The zero-order chi connectivity index (χ0) is 24.5. The molecule has 5 rings (SSSR count). The molecule has 4 aromatic rings. The number of benzene rings is 1. The zero-order valence-corrected chi connectivity index (χ0v) is 18.5. The molecule has 1 aromatic carbocycles. The molecular formula is C25H20N6O4. The summed E-state index contributed by atoms with van der Waals surface area (Å²) in [6.07, 6.45) is 5.54. The number of aromatic amines is 2. The van der Waals surface area contributed by atoms with Crippen molar-refractivity contribution in [1.82, 2.24) is 29.7 Å². The van der Waals surface area contributed by atoms with E-state index in [1.165, 1.54) is 23.5 Å². The first-order valence-corrected chi connectivity index (χ1v) is 10.8. The van der Waals surface area contributed by atoms with Crippen molar-refractivity contribution in [2.24, 2.45) is 0 Å². The molecule has 2 N–H and O–H groups in total. The number of rotatable bonds is 4. The van der Waals surface area contributed by atoms with Crippen LogP contribution >= 0.6 is 0 Å². The number of hydrogen-bond donors (Lipinski definition) is 2. The SMILES string of the molecule is C=C1CN(C(=O)c2ccccc2)CCN1C(=O)C(=O)c1c[nH]c2c(-c3cncc(=O)[nH]3)nccc12. The van der Waals surface area contributed by atoms with Crippen molar-refractivity contribution in [3.8, 4) is 11.4 Å². The van der Waals surface area contributed by atoms with Crippen molar-refractivity contribution in [3.05, 3.63) is 94.9 Å². The minimum atomic E-state index is -0.726. The van der Waals surface area contributed by atoms with Crippen LogP contribution in [0, 0.1) is 0 Å². The van der Waals surface area contributed by atoms with E-state index in [1.54, 1.807) is 35.2 Å². The van der Waals surface area contributed by atoms with Crippen molar-refractivity contribution < 1.29 is 14.4 Å². The van der Waals surface area contributed by atoms with Crippen molar-refractivity contribution in [2.75, 3.05) is 19.6 Å². The number of amides is 2. The summed E-state index contributed by atoms with van der Waals surface area (Å²) >= 11 is 0. The molecule has 3 aromatic heterocycles. The second-order valence-corrected chi connectivity index (χ2v) is 8.04. The van der Waals surface area contributed by atoms with Crippen molar-refractivity contribution in [3.63, 3.8) is 0 Å². The normalized spacial score (nSPS) is 13.8. The van der Waals surface area contributed by atoms with Gasteiger partial charge >= 0.3 is 0 Å². The minimum Gasteiger partial charge on any atom is -0.359 e. The van der Waals surface area contributed by atoms with Crippen LogP contribution in [0.5, 0.6) is 0 Å². The Kier molecular flexibility index (Phi) is 5.54. The average molecular weight is 468 g/mol. The molecule has 1 aliphatic rings. The summed E-state index contributed by atoms with van der Waals surface area (Å²) < 4.78 is 0. The van der Waals surface area contributed by atoms with E-state index in [9.17, 15) is 19.2 Å². The van der Waals surface area contributed by atoms with Crippen LogP contribution in [-0.4, -0.2) is 67.0 Å². The lowest BCUT2D eigenvalue weighted by Gasteiger charge is -2.36. The highest BCUT2D eigenvalue weighted by atomic mass is 16.2. The van der Waals surface area contributed by atoms with E-state index in [-0.39, 0.29) is 36.7 Å². The summed E-state index contributed by atoms with van der Waals surface area (Å²) in [5.41, 5.74) is 1.98. The van der Waals surface area contributed by atoms with Gasteiger partial charge in [-0.2, -0.15) is 0 Å². The Morgan fingerprint density at radius 3 is 2.57 bits per heavy atom. The molecule has 10 nitrogen and oxygen atoms in total. The van der Waals surface area contributed by atoms with E-state index in [0.29, 0.717) is 33.6 Å². The van der Waals surface area contributed by atoms with E-state index < -0.39 is 11.7 Å². The van der Waals surface area contributed by atoms with Crippen LogP contribution < -0.4 is 5.56 Å². The number of hydrogen-bond acceptors (Lipinski definition) is 6. The van der Waals surface area contributed by atoms with Crippen molar-refractivity contribution >= 4 is 28.5 Å². The van der Waals surface area contributed by atoms with Crippen molar-refractivity contribution in [1.29, 1.82) is 0 Å². The molecule has 4 heterocycles. The number of H-pyrrole nitrogens is 2. The molecule has 0 saturated carbocycles. The molecule has 1 fully saturated rings. The fourth-order valence-corrected chi connectivity index (χ4v) is 4.13. The fraction of sp³-hybridized carbons (Fsp3) is 0.120. The smallest absolute Gasteiger partial charge is 0.299 e. The summed E-state index contributed by atoms with van der Waals surface area (Å²) in [4.78, 5) is 67.4. The van der Waals surface area contributed by atoms with Crippen LogP contribution in [-0.2, 0) is 4.79 Å². The highest BCUT2D eigenvalue weighted by Gasteiger charge is 2.32. The van der Waals surface area contributed by atoms with Gasteiger partial charge in [0.25, 0.3) is 23.2 Å². The second-order valence-electron chi connectivity index (χ2n) is 8.04. The fourth-order valence-electron chi connectivity index (χ4n) is 4.13. The third-order valence-corrected chi connectivity index (χ3v) is 5.85. The van der Waals surface area contributed by atoms with E-state index in [1.807, 2.05) is 6.07 Å². The molecule has 0 radical (unpaired) electrons. The summed E-state index contributed by atoms with van der Waals surface area (Å²) in [5, 5.41) is 0.488. The van der Waals surface area contributed by atoms with Crippen LogP contribution in [0.2, 0.25) is 0 Å². The van der Waals surface area contributed by atoms with Crippen LogP contribution in [0.1, 0.15) is 20.7 Å². The Hall–Kier alpha value is -4.86. The van der Waals surface area contributed by atoms with Gasteiger partial charge in [0.15, 0.2) is 0 Å². The number of carbonyl (C=O) groups is 3. The molecule has 0 atom stereocenters. The highest BCUT2D eigenvalue weighted by molar-refractivity contribution is 6.45. The Balaban J connectivity index is 1.37. The minimum absolute atomic E-state index is 0.142. The zero-order valence-electron chi connectivity index (χ0n) is 18.5. The maximum absolute atomic E-state index is 13.2. The van der Waals surface area contributed by atoms with Gasteiger partial charge in [0.1, 0.15) is 5.69 Å². The van der Waals surface area contributed by atoms with Crippen LogP contribution in [0.3, 0.4) is 0 Å². The van der Waals surface area contributed by atoms with Gasteiger partial charge in [-0.05, 0) is 18.2 Å². The molecule has 0 bridgehead atoms. The van der Waals surface area contributed by atoms with Crippen LogP contribution in [0.15, 0.2) is 78.3 Å². The third kappa shape index (κ3) is 4.01. The lowest BCUT2D eigenvalue weighted by molar-refractivity contribution is -0.125. The summed E-state index contributed by atoms with van der Waals surface area (Å²) in [6, 6.07) is 10.5. The molecule has 1 saturated heterocycles. The molecule has 10 heteroatoms. The van der Waals surface area contributed by atoms with Gasteiger partial charge in [0.05, 0.1) is 35.7 Å². The topological polar surface area (TPSA) is 132 Å². The highest BCUT2D eigenvalue weighted by Crippen LogP contribution is 2.27. The van der Waals surface area contributed by atoms with Gasteiger partial charge in [0.2, 0.25) is 0 Å².